The Labute approximate surface area is 176 Å². The second kappa shape index (κ2) is 9.69. The molecule has 0 aromatic heterocycles. The van der Waals surface area contributed by atoms with Gasteiger partial charge in [-0.05, 0) is 54.5 Å². The summed E-state index contributed by atoms with van der Waals surface area (Å²) < 4.78 is 5.33. The molecule has 1 aromatic rings. The highest BCUT2D eigenvalue weighted by Crippen LogP contribution is 2.23. The van der Waals surface area contributed by atoms with Crippen LogP contribution in [0.15, 0.2) is 78.2 Å². The fourth-order valence-electron chi connectivity index (χ4n) is 3.28. The number of carbonyl (C=O) groups is 1. The van der Waals surface area contributed by atoms with Crippen molar-refractivity contribution in [3.63, 3.8) is 0 Å². The van der Waals surface area contributed by atoms with E-state index in [1.165, 1.54) is 17.0 Å². The highest BCUT2D eigenvalue weighted by Gasteiger charge is 2.17. The number of ketones is 1. The Morgan fingerprint density at radius 1 is 1.13 bits per heavy atom. The smallest absolute Gasteiger partial charge is 0.206 e. The van der Waals surface area contributed by atoms with Crippen molar-refractivity contribution in [3.05, 3.63) is 89.0 Å². The molecular formula is C23H28N3O4+. The third kappa shape index (κ3) is 5.14. The molecule has 1 heterocycles. The third-order valence-corrected chi connectivity index (χ3v) is 5.02. The molecular weight excluding hydrogens is 382 g/mol. The molecule has 0 bridgehead atoms. The minimum atomic E-state index is -1.12. The molecule has 0 radical (unpaired) electrons. The Hall–Kier alpha value is -2.97. The van der Waals surface area contributed by atoms with Crippen LogP contribution in [0.5, 0.6) is 5.75 Å². The van der Waals surface area contributed by atoms with Gasteiger partial charge in [-0.1, -0.05) is 12.2 Å². The number of benzene rings is 1. The lowest BCUT2D eigenvalue weighted by Crippen LogP contribution is -3.09. The van der Waals surface area contributed by atoms with Gasteiger partial charge in [-0.25, -0.2) is 5.21 Å². The van der Waals surface area contributed by atoms with Gasteiger partial charge < -0.3 is 19.7 Å². The number of hydrogen-bond acceptors (Lipinski definition) is 5. The van der Waals surface area contributed by atoms with Crippen molar-refractivity contribution < 1.29 is 24.9 Å². The lowest BCUT2D eigenvalue weighted by Gasteiger charge is -2.21. The summed E-state index contributed by atoms with van der Waals surface area (Å²) in [6.07, 6.45) is 16.3. The summed E-state index contributed by atoms with van der Waals surface area (Å²) >= 11 is 0. The van der Waals surface area contributed by atoms with Crippen molar-refractivity contribution in [3.8, 4) is 5.75 Å². The van der Waals surface area contributed by atoms with E-state index >= 15 is 0 Å². The topological polar surface area (TPSA) is 81.7 Å². The molecule has 158 valence electrons. The molecule has 7 heteroatoms. The molecule has 0 saturated carbocycles. The maximum absolute atomic E-state index is 12.7. The van der Waals surface area contributed by atoms with Crippen LogP contribution in [0.2, 0.25) is 0 Å². The number of nitrogens with one attached hydrogen (secondary N) is 2. The molecule has 0 amide bonds. The van der Waals surface area contributed by atoms with Crippen LogP contribution in [0.3, 0.4) is 0 Å². The molecule has 1 atom stereocenters. The van der Waals surface area contributed by atoms with Crippen molar-refractivity contribution in [2.45, 2.75) is 13.0 Å². The first-order valence-corrected chi connectivity index (χ1v) is 9.95. The van der Waals surface area contributed by atoms with Crippen LogP contribution in [-0.4, -0.2) is 49.2 Å². The number of nitrogens with zero attached hydrogens (tertiary/aromatic N) is 1. The fourth-order valence-corrected chi connectivity index (χ4v) is 3.28. The Kier molecular flexibility index (Phi) is 7.02. The van der Waals surface area contributed by atoms with E-state index in [-0.39, 0.29) is 23.8 Å². The lowest BCUT2D eigenvalue weighted by molar-refractivity contribution is -0.991. The highest BCUT2D eigenvalue weighted by molar-refractivity contribution is 5.98. The van der Waals surface area contributed by atoms with Gasteiger partial charge in [0.15, 0.2) is 11.5 Å². The standard InChI is InChI=1S/C23H27N3O4/c1-4-30-23-10-7-19(15-21(23)26(28)29)22(27)16-25-13-11-18(12-14-25)17-5-8-20(9-6-17)24(2)3/h5-15,20,26,28H,4,16H2,1-3H3/p+1. The first-order chi connectivity index (χ1) is 14.4. The van der Waals surface area contributed by atoms with E-state index in [1.807, 2.05) is 24.6 Å². The summed E-state index contributed by atoms with van der Waals surface area (Å²) in [6.45, 7) is 2.26. The van der Waals surface area contributed by atoms with Gasteiger partial charge in [0.05, 0.1) is 27.2 Å². The Balaban J connectivity index is 1.67. The molecule has 1 aromatic carbocycles. The largest absolute Gasteiger partial charge is 0.595 e. The molecule has 1 unspecified atom stereocenters. The Morgan fingerprint density at radius 3 is 2.33 bits per heavy atom. The maximum atomic E-state index is 12.7. The summed E-state index contributed by atoms with van der Waals surface area (Å²) in [4.78, 5) is 15.8. The first kappa shape index (κ1) is 21.7. The molecule has 7 nitrogen and oxygen atoms in total. The normalized spacial score (nSPS) is 19.0. The van der Waals surface area contributed by atoms with Crippen LogP contribution in [0.1, 0.15) is 17.3 Å². The predicted octanol–water partition coefficient (Wildman–Crippen LogP) is 0.950. The summed E-state index contributed by atoms with van der Waals surface area (Å²) in [7, 11) is 4.24. The zero-order valence-corrected chi connectivity index (χ0v) is 17.5. The average molecular weight is 410 g/mol. The summed E-state index contributed by atoms with van der Waals surface area (Å²) in [5.41, 5.74) is 2.54. The highest BCUT2D eigenvalue weighted by atomic mass is 16.8. The van der Waals surface area contributed by atoms with E-state index < -0.39 is 5.23 Å². The zero-order chi connectivity index (χ0) is 21.7. The predicted molar refractivity (Wildman–Crippen MR) is 115 cm³/mol. The van der Waals surface area contributed by atoms with E-state index in [1.54, 1.807) is 17.9 Å². The molecule has 2 aliphatic rings. The number of carbonyl (C=O) groups excluding carboxylic acids is 1. The van der Waals surface area contributed by atoms with Gasteiger partial charge in [-0.3, -0.25) is 4.79 Å². The minimum absolute atomic E-state index is 0.00631. The molecule has 30 heavy (non-hydrogen) atoms. The Bertz CT molecular complexity index is 910. The fraction of sp³-hybridized carbons (Fsp3) is 0.261. The third-order valence-electron chi connectivity index (χ3n) is 5.02. The van der Waals surface area contributed by atoms with Gasteiger partial charge in [0.1, 0.15) is 6.04 Å². The molecule has 1 aliphatic heterocycles. The number of rotatable bonds is 7. The van der Waals surface area contributed by atoms with Gasteiger partial charge in [0.25, 0.3) is 0 Å². The van der Waals surface area contributed by atoms with Crippen LogP contribution in [0.25, 0.3) is 0 Å². The summed E-state index contributed by atoms with van der Waals surface area (Å²) in [6, 6.07) is 4.89. The summed E-state index contributed by atoms with van der Waals surface area (Å²) in [5, 5.41) is 19.7. The number of Topliss-reactive ketones (excluding diaryl/α,β-unsaturated/α-hetero) is 1. The summed E-state index contributed by atoms with van der Waals surface area (Å²) in [5.74, 6) is 0.0995. The van der Waals surface area contributed by atoms with Crippen molar-refractivity contribution in [2.75, 3.05) is 27.2 Å². The van der Waals surface area contributed by atoms with Gasteiger partial charge in [-0.2, -0.15) is 5.23 Å². The zero-order valence-electron chi connectivity index (χ0n) is 17.5. The van der Waals surface area contributed by atoms with Crippen LogP contribution >= 0.6 is 0 Å². The quantitative estimate of drug-likeness (QED) is 0.461. The van der Waals surface area contributed by atoms with Crippen LogP contribution in [0.4, 0.5) is 5.69 Å². The molecule has 3 N–H and O–H groups in total. The van der Waals surface area contributed by atoms with E-state index in [0.717, 1.165) is 11.1 Å². The molecule has 3 rings (SSSR count). The number of likely N-dealkylation sites (N-methyl/N-ethyl adjacent to an activating group) is 1. The van der Waals surface area contributed by atoms with Crippen molar-refractivity contribution in [1.82, 2.24) is 4.90 Å². The Morgan fingerprint density at radius 2 is 1.77 bits per heavy atom. The van der Waals surface area contributed by atoms with E-state index in [0.29, 0.717) is 18.2 Å². The SMILES string of the molecule is CCOc1ccc(C(=O)CN2C=CC(=C3C=CC([NH+](C)C)C=C3)C=C2)cc1[NH+]([O-])O. The number of allylic oxidation sites excluding steroid dienone is 6. The van der Waals surface area contributed by atoms with Crippen LogP contribution < -0.4 is 14.9 Å². The van der Waals surface area contributed by atoms with Crippen LogP contribution in [0, 0.1) is 5.21 Å². The maximum Gasteiger partial charge on any atom is 0.206 e. The van der Waals surface area contributed by atoms with E-state index in [9.17, 15) is 15.2 Å². The average Bonchev–Trinajstić information content (AvgIpc) is 2.74. The molecule has 0 spiro atoms. The van der Waals surface area contributed by atoms with Crippen molar-refractivity contribution in [2.24, 2.45) is 0 Å². The molecule has 1 aliphatic carbocycles. The lowest BCUT2D eigenvalue weighted by atomic mass is 9.99. The van der Waals surface area contributed by atoms with E-state index in [4.69, 9.17) is 4.74 Å². The molecule has 0 saturated heterocycles. The van der Waals surface area contributed by atoms with Gasteiger partial charge in [-0.15, -0.1) is 0 Å². The van der Waals surface area contributed by atoms with Crippen molar-refractivity contribution in [1.29, 1.82) is 0 Å². The second-order valence-corrected chi connectivity index (χ2v) is 7.41. The first-order valence-electron chi connectivity index (χ1n) is 9.95. The van der Waals surface area contributed by atoms with E-state index in [2.05, 4.69) is 38.4 Å². The minimum Gasteiger partial charge on any atom is -0.595 e. The van der Waals surface area contributed by atoms with Gasteiger partial charge in [0.2, 0.25) is 5.69 Å². The van der Waals surface area contributed by atoms with Crippen LogP contribution in [-0.2, 0) is 0 Å². The van der Waals surface area contributed by atoms with Gasteiger partial charge >= 0.3 is 0 Å². The monoisotopic (exact) mass is 410 g/mol. The van der Waals surface area contributed by atoms with Gasteiger partial charge in [0, 0.05) is 24.0 Å². The van der Waals surface area contributed by atoms with Crippen molar-refractivity contribution >= 4 is 11.5 Å². The second-order valence-electron chi connectivity index (χ2n) is 7.41. The molecule has 0 fully saturated rings. The number of quaternary nitrogens is 2. The number of ether oxygens (including phenoxy) is 1. The number of hydrogen-bond donors (Lipinski definition) is 3.